The van der Waals surface area contributed by atoms with Crippen LogP contribution >= 0.6 is 11.6 Å². The van der Waals surface area contributed by atoms with Crippen LogP contribution in [0.5, 0.6) is 0 Å². The van der Waals surface area contributed by atoms with Gasteiger partial charge in [0.15, 0.2) is 0 Å². The zero-order chi connectivity index (χ0) is 18.1. The van der Waals surface area contributed by atoms with E-state index >= 15 is 0 Å². The normalized spacial score (nSPS) is 11.1. The number of aromatic amines is 1. The molecule has 0 radical (unpaired) electrons. The fourth-order valence-corrected chi connectivity index (χ4v) is 3.40. The molecule has 5 nitrogen and oxygen atoms in total. The van der Waals surface area contributed by atoms with Crippen molar-refractivity contribution < 1.29 is 4.79 Å². The van der Waals surface area contributed by atoms with Crippen molar-refractivity contribution >= 4 is 39.2 Å². The third-order valence-corrected chi connectivity index (χ3v) is 4.78. The van der Waals surface area contributed by atoms with Crippen molar-refractivity contribution in [3.63, 3.8) is 0 Å². The maximum absolute atomic E-state index is 12.6. The summed E-state index contributed by atoms with van der Waals surface area (Å²) < 4.78 is 2.05. The van der Waals surface area contributed by atoms with Crippen molar-refractivity contribution in [2.75, 3.05) is 6.54 Å². The summed E-state index contributed by atoms with van der Waals surface area (Å²) in [7, 11) is 0. The number of aromatic nitrogens is 2. The highest BCUT2D eigenvalue weighted by molar-refractivity contribution is 6.35. The van der Waals surface area contributed by atoms with Crippen LogP contribution in [-0.4, -0.2) is 22.0 Å². The number of halogens is 1. The third-order valence-electron chi connectivity index (χ3n) is 4.45. The molecule has 0 aliphatic rings. The SMILES string of the molecule is O=C(NCCn1ccc2c(Cl)cccc21)c1c[nH]c(=O)c2ccccc12. The second-order valence-electron chi connectivity index (χ2n) is 6.01. The Morgan fingerprint density at radius 1 is 1.04 bits per heavy atom. The van der Waals surface area contributed by atoms with Crippen LogP contribution in [0.1, 0.15) is 10.4 Å². The van der Waals surface area contributed by atoms with E-state index < -0.39 is 0 Å². The van der Waals surface area contributed by atoms with Crippen molar-refractivity contribution in [2.45, 2.75) is 6.54 Å². The Kier molecular flexibility index (Phi) is 4.22. The number of nitrogens with zero attached hydrogens (tertiary/aromatic N) is 1. The van der Waals surface area contributed by atoms with Gasteiger partial charge in [-0.2, -0.15) is 0 Å². The van der Waals surface area contributed by atoms with E-state index in [2.05, 4.69) is 10.3 Å². The number of hydrogen-bond acceptors (Lipinski definition) is 2. The van der Waals surface area contributed by atoms with E-state index in [1.54, 1.807) is 18.2 Å². The summed E-state index contributed by atoms with van der Waals surface area (Å²) in [5, 5.41) is 5.77. The van der Waals surface area contributed by atoms with Crippen molar-refractivity contribution in [3.8, 4) is 0 Å². The molecule has 26 heavy (non-hydrogen) atoms. The molecule has 0 spiro atoms. The molecule has 0 aliphatic carbocycles. The topological polar surface area (TPSA) is 66.9 Å². The predicted molar refractivity (Wildman–Crippen MR) is 104 cm³/mol. The van der Waals surface area contributed by atoms with Crippen LogP contribution in [0.25, 0.3) is 21.7 Å². The number of pyridine rings is 1. The van der Waals surface area contributed by atoms with Crippen molar-refractivity contribution in [3.05, 3.63) is 81.9 Å². The second-order valence-corrected chi connectivity index (χ2v) is 6.42. The van der Waals surface area contributed by atoms with Gasteiger partial charge < -0.3 is 14.9 Å². The smallest absolute Gasteiger partial charge is 0.255 e. The first-order chi connectivity index (χ1) is 12.6. The molecule has 4 aromatic rings. The average molecular weight is 366 g/mol. The molecule has 0 fully saturated rings. The molecule has 2 aromatic carbocycles. The number of hydrogen-bond donors (Lipinski definition) is 2. The Morgan fingerprint density at radius 2 is 1.85 bits per heavy atom. The van der Waals surface area contributed by atoms with Crippen LogP contribution in [0.3, 0.4) is 0 Å². The van der Waals surface area contributed by atoms with Gasteiger partial charge in [0.25, 0.3) is 11.5 Å². The number of carbonyl (C=O) groups excluding carboxylic acids is 1. The summed E-state index contributed by atoms with van der Waals surface area (Å²) in [4.78, 5) is 27.0. The second kappa shape index (κ2) is 6.69. The van der Waals surface area contributed by atoms with E-state index in [9.17, 15) is 9.59 Å². The molecule has 0 bridgehead atoms. The quantitative estimate of drug-likeness (QED) is 0.580. The Morgan fingerprint density at radius 3 is 2.69 bits per heavy atom. The maximum Gasteiger partial charge on any atom is 0.255 e. The number of amides is 1. The first-order valence-corrected chi connectivity index (χ1v) is 8.65. The van der Waals surface area contributed by atoms with Crippen molar-refractivity contribution in [1.29, 1.82) is 0 Å². The summed E-state index contributed by atoms with van der Waals surface area (Å²) in [5.74, 6) is -0.216. The van der Waals surface area contributed by atoms with Crippen LogP contribution in [0.2, 0.25) is 5.02 Å². The minimum atomic E-state index is -0.216. The number of benzene rings is 2. The van der Waals surface area contributed by atoms with Gasteiger partial charge in [-0.25, -0.2) is 0 Å². The lowest BCUT2D eigenvalue weighted by atomic mass is 10.1. The molecule has 1 amide bonds. The molecule has 0 unspecified atom stereocenters. The zero-order valence-corrected chi connectivity index (χ0v) is 14.6. The molecule has 2 aromatic heterocycles. The largest absolute Gasteiger partial charge is 0.350 e. The molecule has 0 saturated carbocycles. The standard InChI is InChI=1S/C20H16ClN3O2/c21-17-6-3-7-18-15(17)8-10-24(18)11-9-22-20(26)16-12-23-19(25)14-5-2-1-4-13(14)16/h1-8,10,12H,9,11H2,(H,22,26)(H,23,25). The lowest BCUT2D eigenvalue weighted by Crippen LogP contribution is -2.28. The van der Waals surface area contributed by atoms with Crippen LogP contribution in [0, 0.1) is 0 Å². The Labute approximate surface area is 154 Å². The van der Waals surface area contributed by atoms with Gasteiger partial charge >= 0.3 is 0 Å². The minimum absolute atomic E-state index is 0.201. The van der Waals surface area contributed by atoms with E-state index in [1.165, 1.54) is 6.20 Å². The van der Waals surface area contributed by atoms with Crippen LogP contribution < -0.4 is 10.9 Å². The van der Waals surface area contributed by atoms with Gasteiger partial charge in [-0.3, -0.25) is 9.59 Å². The fraction of sp³-hybridized carbons (Fsp3) is 0.100. The van der Waals surface area contributed by atoms with Gasteiger partial charge in [0, 0.05) is 52.2 Å². The molecule has 2 N–H and O–H groups in total. The van der Waals surface area contributed by atoms with Gasteiger partial charge in [-0.15, -0.1) is 0 Å². The highest BCUT2D eigenvalue weighted by Crippen LogP contribution is 2.24. The lowest BCUT2D eigenvalue weighted by molar-refractivity contribution is 0.0953. The number of carbonyl (C=O) groups is 1. The van der Waals surface area contributed by atoms with Crippen molar-refractivity contribution in [1.82, 2.24) is 14.9 Å². The Hall–Kier alpha value is -3.05. The van der Waals surface area contributed by atoms with Gasteiger partial charge in [0.05, 0.1) is 5.56 Å². The molecular formula is C20H16ClN3O2. The highest BCUT2D eigenvalue weighted by atomic mass is 35.5. The molecule has 0 saturated heterocycles. The van der Waals surface area contributed by atoms with E-state index in [-0.39, 0.29) is 11.5 Å². The lowest BCUT2D eigenvalue weighted by Gasteiger charge is -2.09. The minimum Gasteiger partial charge on any atom is -0.350 e. The Bertz CT molecular complexity index is 1180. The monoisotopic (exact) mass is 365 g/mol. The molecule has 0 aliphatic heterocycles. The van der Waals surface area contributed by atoms with Gasteiger partial charge in [0.2, 0.25) is 0 Å². The number of rotatable bonds is 4. The summed E-state index contributed by atoms with van der Waals surface area (Å²) in [6, 6.07) is 14.8. The first kappa shape index (κ1) is 16.4. The van der Waals surface area contributed by atoms with Gasteiger partial charge in [0.1, 0.15) is 0 Å². The predicted octanol–water partition coefficient (Wildman–Crippen LogP) is 3.57. The summed E-state index contributed by atoms with van der Waals surface area (Å²) in [6.07, 6.45) is 3.42. The van der Waals surface area contributed by atoms with Crippen LogP contribution in [0.4, 0.5) is 0 Å². The molecular weight excluding hydrogens is 350 g/mol. The maximum atomic E-state index is 12.6. The molecule has 6 heteroatoms. The summed E-state index contributed by atoms with van der Waals surface area (Å²) >= 11 is 6.19. The van der Waals surface area contributed by atoms with Crippen LogP contribution in [-0.2, 0) is 6.54 Å². The highest BCUT2D eigenvalue weighted by Gasteiger charge is 2.11. The number of fused-ring (bicyclic) bond motifs is 2. The molecule has 4 rings (SSSR count). The van der Waals surface area contributed by atoms with E-state index in [0.29, 0.717) is 34.4 Å². The van der Waals surface area contributed by atoms with E-state index in [4.69, 9.17) is 11.6 Å². The first-order valence-electron chi connectivity index (χ1n) is 8.27. The molecule has 2 heterocycles. The molecule has 130 valence electrons. The van der Waals surface area contributed by atoms with E-state index in [1.807, 2.05) is 41.1 Å². The van der Waals surface area contributed by atoms with Crippen molar-refractivity contribution in [2.24, 2.45) is 0 Å². The van der Waals surface area contributed by atoms with Gasteiger partial charge in [-0.1, -0.05) is 35.9 Å². The fourth-order valence-electron chi connectivity index (χ4n) is 3.16. The van der Waals surface area contributed by atoms with Crippen LogP contribution in [0.15, 0.2) is 65.7 Å². The molecule has 0 atom stereocenters. The average Bonchev–Trinajstić information content (AvgIpc) is 3.07. The Balaban J connectivity index is 1.52. The van der Waals surface area contributed by atoms with Gasteiger partial charge in [-0.05, 0) is 24.3 Å². The third kappa shape index (κ3) is 2.86. The number of nitrogens with one attached hydrogen (secondary N) is 2. The number of H-pyrrole nitrogens is 1. The summed E-state index contributed by atoms with van der Waals surface area (Å²) in [5.41, 5.74) is 1.29. The van der Waals surface area contributed by atoms with E-state index in [0.717, 1.165) is 10.9 Å². The summed E-state index contributed by atoms with van der Waals surface area (Å²) in [6.45, 7) is 1.08. The zero-order valence-electron chi connectivity index (χ0n) is 13.8.